The molecule has 7 heteroatoms. The Balaban J connectivity index is 1.81. The van der Waals surface area contributed by atoms with E-state index in [9.17, 15) is 4.79 Å². The Kier molecular flexibility index (Phi) is 3.89. The summed E-state index contributed by atoms with van der Waals surface area (Å²) in [4.78, 5) is 18.2. The monoisotopic (exact) mass is 368 g/mol. The normalized spacial score (nSPS) is 11.0. The number of fused-ring (bicyclic) bond motifs is 3. The number of ether oxygens (including phenoxy) is 2. The summed E-state index contributed by atoms with van der Waals surface area (Å²) >= 11 is 5.89. The number of aromatic amines is 1. The third-order valence-electron chi connectivity index (χ3n) is 4.04. The molecule has 0 aliphatic carbocycles. The van der Waals surface area contributed by atoms with Gasteiger partial charge in [0.05, 0.1) is 11.7 Å². The molecule has 2 heterocycles. The molecule has 0 spiro atoms. The smallest absolute Gasteiger partial charge is 0.457 e. The zero-order valence-corrected chi connectivity index (χ0v) is 14.4. The first-order chi connectivity index (χ1) is 12.5. The van der Waals surface area contributed by atoms with Crippen molar-refractivity contribution in [2.24, 2.45) is 0 Å². The molecule has 0 aliphatic rings. The average Bonchev–Trinajstić information content (AvgIpc) is 2.98. The Morgan fingerprint density at radius 1 is 1.12 bits per heavy atom. The van der Waals surface area contributed by atoms with Gasteiger partial charge >= 0.3 is 6.16 Å². The zero-order valence-electron chi connectivity index (χ0n) is 13.6. The van der Waals surface area contributed by atoms with Crippen LogP contribution < -0.4 is 9.47 Å². The van der Waals surface area contributed by atoms with E-state index in [2.05, 4.69) is 9.97 Å². The van der Waals surface area contributed by atoms with Crippen molar-refractivity contribution in [1.29, 1.82) is 0 Å². The molecular formula is C19H13ClN2O4. The predicted molar refractivity (Wildman–Crippen MR) is 98.5 cm³/mol. The molecule has 0 saturated heterocycles. The van der Waals surface area contributed by atoms with Crippen LogP contribution in [0.2, 0.25) is 5.02 Å². The van der Waals surface area contributed by atoms with E-state index in [4.69, 9.17) is 26.2 Å². The lowest BCUT2D eigenvalue weighted by molar-refractivity contribution is 0.142. The van der Waals surface area contributed by atoms with Crippen LogP contribution in [-0.2, 0) is 0 Å². The lowest BCUT2D eigenvalue weighted by atomic mass is 10.1. The number of aromatic nitrogens is 2. The molecule has 0 atom stereocenters. The number of halogens is 1. The number of benzene rings is 2. The Morgan fingerprint density at radius 3 is 2.58 bits per heavy atom. The van der Waals surface area contributed by atoms with Gasteiger partial charge in [-0.2, -0.15) is 0 Å². The molecule has 2 N–H and O–H groups in total. The van der Waals surface area contributed by atoms with E-state index in [1.807, 2.05) is 18.2 Å². The molecule has 4 aromatic rings. The molecule has 2 aromatic carbocycles. The minimum absolute atomic E-state index is 0.0647. The molecule has 130 valence electrons. The van der Waals surface area contributed by atoms with Crippen molar-refractivity contribution < 1.29 is 19.4 Å². The van der Waals surface area contributed by atoms with E-state index >= 15 is 0 Å². The summed E-state index contributed by atoms with van der Waals surface area (Å²) in [5.74, 6) is 1.38. The van der Waals surface area contributed by atoms with Gasteiger partial charge in [-0.15, -0.1) is 0 Å². The lowest BCUT2D eigenvalue weighted by Crippen LogP contribution is -2.05. The maximum Gasteiger partial charge on any atom is 0.512 e. The van der Waals surface area contributed by atoms with E-state index in [0.29, 0.717) is 22.1 Å². The van der Waals surface area contributed by atoms with Gasteiger partial charge in [0.1, 0.15) is 11.5 Å². The third-order valence-corrected chi connectivity index (χ3v) is 4.29. The highest BCUT2D eigenvalue weighted by molar-refractivity contribution is 6.30. The van der Waals surface area contributed by atoms with Crippen molar-refractivity contribution in [2.75, 3.05) is 0 Å². The molecule has 2 aromatic heterocycles. The van der Waals surface area contributed by atoms with Crippen molar-refractivity contribution in [3.8, 4) is 17.4 Å². The molecule has 0 amide bonds. The first-order valence-corrected chi connectivity index (χ1v) is 8.14. The molecule has 26 heavy (non-hydrogen) atoms. The number of pyridine rings is 1. The third kappa shape index (κ3) is 2.91. The van der Waals surface area contributed by atoms with E-state index < -0.39 is 6.16 Å². The van der Waals surface area contributed by atoms with Gasteiger partial charge in [-0.05, 0) is 49.4 Å². The van der Waals surface area contributed by atoms with E-state index in [-0.39, 0.29) is 5.88 Å². The van der Waals surface area contributed by atoms with Crippen LogP contribution in [0.3, 0.4) is 0 Å². The fourth-order valence-corrected chi connectivity index (χ4v) is 3.03. The maximum atomic E-state index is 10.8. The number of nitrogens with one attached hydrogen (secondary N) is 1. The number of hydrogen-bond acceptors (Lipinski definition) is 4. The molecule has 0 radical (unpaired) electrons. The van der Waals surface area contributed by atoms with E-state index in [1.165, 1.54) is 0 Å². The quantitative estimate of drug-likeness (QED) is 0.464. The SMILES string of the molecule is Cc1c(OC(=O)O)ncc2[nH]c3ccc(Oc4ccc(Cl)cc4)cc3c12. The minimum Gasteiger partial charge on any atom is -0.457 e. The highest BCUT2D eigenvalue weighted by Gasteiger charge is 2.15. The second-order valence-corrected chi connectivity index (χ2v) is 6.17. The van der Waals surface area contributed by atoms with Crippen LogP contribution >= 0.6 is 11.6 Å². The lowest BCUT2D eigenvalue weighted by Gasteiger charge is -2.07. The van der Waals surface area contributed by atoms with Gasteiger partial charge in [0, 0.05) is 26.9 Å². The highest BCUT2D eigenvalue weighted by atomic mass is 35.5. The Labute approximate surface area is 152 Å². The second-order valence-electron chi connectivity index (χ2n) is 5.73. The zero-order chi connectivity index (χ0) is 18.3. The van der Waals surface area contributed by atoms with E-state index in [0.717, 1.165) is 21.8 Å². The van der Waals surface area contributed by atoms with Crippen molar-refractivity contribution in [1.82, 2.24) is 9.97 Å². The first kappa shape index (κ1) is 16.2. The second kappa shape index (κ2) is 6.24. The molecule has 0 aliphatic heterocycles. The van der Waals surface area contributed by atoms with Gasteiger partial charge in [-0.1, -0.05) is 11.6 Å². The van der Waals surface area contributed by atoms with Gasteiger partial charge in [-0.3, -0.25) is 0 Å². The standard InChI is InChI=1S/C19H13ClN2O4/c1-10-17-14-8-13(25-12-4-2-11(20)3-5-12)6-7-15(14)22-16(17)9-21-18(10)26-19(23)24/h2-9,22H,1H3,(H,23,24). The van der Waals surface area contributed by atoms with Crippen molar-refractivity contribution in [3.63, 3.8) is 0 Å². The van der Waals surface area contributed by atoms with Gasteiger partial charge in [0.15, 0.2) is 0 Å². The average molecular weight is 369 g/mol. The van der Waals surface area contributed by atoms with Gasteiger partial charge in [0.2, 0.25) is 5.88 Å². The summed E-state index contributed by atoms with van der Waals surface area (Å²) in [5.41, 5.74) is 2.32. The summed E-state index contributed by atoms with van der Waals surface area (Å²) in [6, 6.07) is 12.7. The van der Waals surface area contributed by atoms with Crippen molar-refractivity contribution in [3.05, 3.63) is 59.2 Å². The first-order valence-electron chi connectivity index (χ1n) is 7.76. The van der Waals surface area contributed by atoms with Crippen molar-refractivity contribution >= 4 is 39.6 Å². The summed E-state index contributed by atoms with van der Waals surface area (Å²) < 4.78 is 10.6. The van der Waals surface area contributed by atoms with Crippen LogP contribution in [0.25, 0.3) is 21.8 Å². The Bertz CT molecular complexity index is 1140. The summed E-state index contributed by atoms with van der Waals surface area (Å²) in [5, 5.41) is 11.2. The summed E-state index contributed by atoms with van der Waals surface area (Å²) in [7, 11) is 0. The summed E-state index contributed by atoms with van der Waals surface area (Å²) in [6.07, 6.45) is 0.159. The van der Waals surface area contributed by atoms with E-state index in [1.54, 1.807) is 37.4 Å². The molecular weight excluding hydrogens is 356 g/mol. The number of hydrogen-bond donors (Lipinski definition) is 2. The van der Waals surface area contributed by atoms with Crippen LogP contribution in [0.4, 0.5) is 4.79 Å². The van der Waals surface area contributed by atoms with Crippen LogP contribution in [0.5, 0.6) is 17.4 Å². The van der Waals surface area contributed by atoms with Gasteiger partial charge in [0.25, 0.3) is 0 Å². The Hall–Kier alpha value is -3.25. The number of carbonyl (C=O) groups is 1. The molecule has 6 nitrogen and oxygen atoms in total. The minimum atomic E-state index is -1.40. The highest BCUT2D eigenvalue weighted by Crippen LogP contribution is 2.35. The number of nitrogens with zero attached hydrogens (tertiary/aromatic N) is 1. The van der Waals surface area contributed by atoms with Crippen LogP contribution in [0, 0.1) is 6.92 Å². The topological polar surface area (TPSA) is 84.4 Å². The molecule has 0 fully saturated rings. The molecule has 0 saturated carbocycles. The number of H-pyrrole nitrogens is 1. The predicted octanol–water partition coefficient (Wildman–Crippen LogP) is 5.53. The maximum absolute atomic E-state index is 10.8. The van der Waals surface area contributed by atoms with Crippen molar-refractivity contribution in [2.45, 2.75) is 6.92 Å². The van der Waals surface area contributed by atoms with Crippen LogP contribution in [0.1, 0.15) is 5.56 Å². The summed E-state index contributed by atoms with van der Waals surface area (Å²) in [6.45, 7) is 1.77. The van der Waals surface area contributed by atoms with Crippen LogP contribution in [0.15, 0.2) is 48.7 Å². The number of aryl methyl sites for hydroxylation is 1. The number of rotatable bonds is 3. The largest absolute Gasteiger partial charge is 0.512 e. The fraction of sp³-hybridized carbons (Fsp3) is 0.0526. The van der Waals surface area contributed by atoms with Gasteiger partial charge < -0.3 is 19.6 Å². The molecule has 0 bridgehead atoms. The molecule has 4 rings (SSSR count). The Morgan fingerprint density at radius 2 is 1.85 bits per heavy atom. The fourth-order valence-electron chi connectivity index (χ4n) is 2.91. The number of carboxylic acid groups (broad SMARTS) is 1. The molecule has 0 unspecified atom stereocenters. The van der Waals surface area contributed by atoms with Gasteiger partial charge in [-0.25, -0.2) is 9.78 Å². The van der Waals surface area contributed by atoms with Crippen LogP contribution in [-0.4, -0.2) is 21.2 Å².